The van der Waals surface area contributed by atoms with E-state index in [0.29, 0.717) is 12.6 Å². The van der Waals surface area contributed by atoms with Crippen molar-refractivity contribution in [3.63, 3.8) is 0 Å². The van der Waals surface area contributed by atoms with E-state index in [0.717, 1.165) is 12.1 Å². The molecule has 1 aromatic rings. The number of benzene rings is 1. The predicted molar refractivity (Wildman–Crippen MR) is 78.0 cm³/mol. The van der Waals surface area contributed by atoms with Crippen LogP contribution in [0.2, 0.25) is 5.02 Å². The fourth-order valence-corrected chi connectivity index (χ4v) is 2.65. The highest BCUT2D eigenvalue weighted by atomic mass is 35.5. The Hall–Kier alpha value is -0.640. The molecule has 106 valence electrons. The molecule has 0 saturated carbocycles. The van der Waals surface area contributed by atoms with Gasteiger partial charge in [0.1, 0.15) is 5.82 Å². The summed E-state index contributed by atoms with van der Waals surface area (Å²) in [6.07, 6.45) is 3.99. The minimum Gasteiger partial charge on any atom is -0.309 e. The fraction of sp³-hybridized carbons (Fsp3) is 0.600. The summed E-state index contributed by atoms with van der Waals surface area (Å²) in [5.74, 6) is -0.343. The molecular weight excluding hydrogens is 263 g/mol. The number of piperidine rings is 1. The van der Waals surface area contributed by atoms with Crippen LogP contribution in [0.15, 0.2) is 18.2 Å². The van der Waals surface area contributed by atoms with Crippen molar-refractivity contribution < 1.29 is 4.39 Å². The van der Waals surface area contributed by atoms with Gasteiger partial charge in [0.2, 0.25) is 0 Å². The van der Waals surface area contributed by atoms with Crippen LogP contribution >= 0.6 is 11.6 Å². The lowest BCUT2D eigenvalue weighted by Gasteiger charge is -2.29. The summed E-state index contributed by atoms with van der Waals surface area (Å²) >= 11 is 5.67. The summed E-state index contributed by atoms with van der Waals surface area (Å²) in [4.78, 5) is 2.50. The number of likely N-dealkylation sites (tertiary alicyclic amines) is 1. The third-order valence-corrected chi connectivity index (χ3v) is 3.93. The largest absolute Gasteiger partial charge is 0.309 e. The first-order valence-electron chi connectivity index (χ1n) is 7.05. The molecule has 0 radical (unpaired) electrons. The summed E-state index contributed by atoms with van der Waals surface area (Å²) < 4.78 is 13.3. The third kappa shape index (κ3) is 4.75. The Balaban J connectivity index is 1.75. The van der Waals surface area contributed by atoms with Gasteiger partial charge in [-0.05, 0) is 50.6 Å². The summed E-state index contributed by atoms with van der Waals surface area (Å²) in [5, 5.41) is 3.63. The van der Waals surface area contributed by atoms with Gasteiger partial charge in [-0.3, -0.25) is 0 Å². The van der Waals surface area contributed by atoms with Gasteiger partial charge >= 0.3 is 0 Å². The second-order valence-corrected chi connectivity index (χ2v) is 5.80. The van der Waals surface area contributed by atoms with Gasteiger partial charge in [-0.15, -0.1) is 0 Å². The fourth-order valence-electron chi connectivity index (χ4n) is 2.54. The zero-order valence-corrected chi connectivity index (χ0v) is 12.2. The van der Waals surface area contributed by atoms with Crippen molar-refractivity contribution >= 4 is 11.6 Å². The van der Waals surface area contributed by atoms with E-state index in [4.69, 9.17) is 11.6 Å². The van der Waals surface area contributed by atoms with Gasteiger partial charge in [0.15, 0.2) is 0 Å². The summed E-state index contributed by atoms with van der Waals surface area (Å²) in [7, 11) is 0. The average Bonchev–Trinajstić information content (AvgIpc) is 2.41. The Kier molecular flexibility index (Phi) is 5.61. The normalized spacial score (nSPS) is 18.5. The molecule has 1 aliphatic heterocycles. The molecule has 1 heterocycles. The molecule has 2 nitrogen and oxygen atoms in total. The second-order valence-electron chi connectivity index (χ2n) is 5.39. The van der Waals surface area contributed by atoms with Crippen LogP contribution in [-0.2, 0) is 6.54 Å². The average molecular weight is 285 g/mol. The maximum atomic E-state index is 13.3. The van der Waals surface area contributed by atoms with E-state index >= 15 is 0 Å². The van der Waals surface area contributed by atoms with E-state index in [-0.39, 0.29) is 10.8 Å². The number of nitrogens with one attached hydrogen (secondary N) is 1. The number of nitrogens with zero attached hydrogens (tertiary/aromatic N) is 1. The first-order chi connectivity index (χ1) is 9.15. The van der Waals surface area contributed by atoms with Crippen LogP contribution in [0, 0.1) is 5.82 Å². The van der Waals surface area contributed by atoms with E-state index in [9.17, 15) is 4.39 Å². The second kappa shape index (κ2) is 7.22. The van der Waals surface area contributed by atoms with Gasteiger partial charge in [-0.2, -0.15) is 0 Å². The van der Waals surface area contributed by atoms with Crippen LogP contribution in [0.25, 0.3) is 0 Å². The molecule has 1 aliphatic rings. The lowest BCUT2D eigenvalue weighted by molar-refractivity contribution is 0.209. The molecule has 1 fully saturated rings. The minimum absolute atomic E-state index is 0.185. The Morgan fingerprint density at radius 3 is 2.74 bits per heavy atom. The topological polar surface area (TPSA) is 15.3 Å². The molecular formula is C15H22ClFN2. The monoisotopic (exact) mass is 284 g/mol. The zero-order valence-electron chi connectivity index (χ0n) is 11.5. The molecule has 0 bridgehead atoms. The third-order valence-electron chi connectivity index (χ3n) is 3.62. The Bertz CT molecular complexity index is 405. The van der Waals surface area contributed by atoms with Crippen LogP contribution in [0.5, 0.6) is 0 Å². The number of halogens is 2. The SMILES string of the molecule is CC(CN1CCCCC1)NCc1ccc(Cl)c(F)c1. The first kappa shape index (κ1) is 14.8. The van der Waals surface area contributed by atoms with Crippen molar-refractivity contribution in [2.75, 3.05) is 19.6 Å². The van der Waals surface area contributed by atoms with Crippen LogP contribution in [0.1, 0.15) is 31.7 Å². The van der Waals surface area contributed by atoms with E-state index < -0.39 is 0 Å². The van der Waals surface area contributed by atoms with Crippen LogP contribution in [0.3, 0.4) is 0 Å². The molecule has 19 heavy (non-hydrogen) atoms. The quantitative estimate of drug-likeness (QED) is 0.891. The lowest BCUT2D eigenvalue weighted by atomic mass is 10.1. The molecule has 1 unspecified atom stereocenters. The van der Waals surface area contributed by atoms with Crippen LogP contribution in [-0.4, -0.2) is 30.6 Å². The molecule has 1 saturated heterocycles. The molecule has 0 spiro atoms. The molecule has 0 aromatic heterocycles. The smallest absolute Gasteiger partial charge is 0.142 e. The van der Waals surface area contributed by atoms with E-state index in [2.05, 4.69) is 17.1 Å². The highest BCUT2D eigenvalue weighted by Gasteiger charge is 2.13. The van der Waals surface area contributed by atoms with Gasteiger partial charge in [0, 0.05) is 19.1 Å². The number of hydrogen-bond donors (Lipinski definition) is 1. The standard InChI is InChI=1S/C15H22ClFN2/c1-12(11-19-7-3-2-4-8-19)18-10-13-5-6-14(16)15(17)9-13/h5-6,9,12,18H,2-4,7-8,10-11H2,1H3. The van der Waals surface area contributed by atoms with E-state index in [1.165, 1.54) is 38.4 Å². The van der Waals surface area contributed by atoms with Crippen molar-refractivity contribution in [1.82, 2.24) is 10.2 Å². The van der Waals surface area contributed by atoms with Crippen molar-refractivity contribution in [3.8, 4) is 0 Å². The summed E-state index contributed by atoms with van der Waals surface area (Å²) in [5.41, 5.74) is 0.937. The van der Waals surface area contributed by atoms with Crippen LogP contribution < -0.4 is 5.32 Å². The van der Waals surface area contributed by atoms with Crippen molar-refractivity contribution in [2.45, 2.75) is 38.8 Å². The molecule has 1 aromatic carbocycles. The first-order valence-corrected chi connectivity index (χ1v) is 7.42. The maximum absolute atomic E-state index is 13.3. The van der Waals surface area contributed by atoms with Crippen molar-refractivity contribution in [2.24, 2.45) is 0 Å². The van der Waals surface area contributed by atoms with Crippen molar-refractivity contribution in [3.05, 3.63) is 34.6 Å². The van der Waals surface area contributed by atoms with Gasteiger partial charge in [0.25, 0.3) is 0 Å². The van der Waals surface area contributed by atoms with Crippen molar-refractivity contribution in [1.29, 1.82) is 0 Å². The molecule has 4 heteroatoms. The highest BCUT2D eigenvalue weighted by molar-refractivity contribution is 6.30. The number of hydrogen-bond acceptors (Lipinski definition) is 2. The van der Waals surface area contributed by atoms with Gasteiger partial charge in [-0.25, -0.2) is 4.39 Å². The molecule has 0 aliphatic carbocycles. The highest BCUT2D eigenvalue weighted by Crippen LogP contribution is 2.15. The summed E-state index contributed by atoms with van der Waals surface area (Å²) in [6, 6.07) is 5.40. The lowest BCUT2D eigenvalue weighted by Crippen LogP contribution is -2.41. The molecule has 0 amide bonds. The Morgan fingerprint density at radius 2 is 2.05 bits per heavy atom. The molecule has 2 rings (SSSR count). The minimum atomic E-state index is -0.343. The maximum Gasteiger partial charge on any atom is 0.142 e. The molecule has 1 atom stereocenters. The molecule has 1 N–H and O–H groups in total. The van der Waals surface area contributed by atoms with Crippen LogP contribution in [0.4, 0.5) is 4.39 Å². The van der Waals surface area contributed by atoms with E-state index in [1.807, 2.05) is 6.07 Å². The van der Waals surface area contributed by atoms with Gasteiger partial charge in [0.05, 0.1) is 5.02 Å². The Labute approximate surface area is 119 Å². The van der Waals surface area contributed by atoms with Gasteiger partial charge < -0.3 is 10.2 Å². The number of rotatable bonds is 5. The predicted octanol–water partition coefficient (Wildman–Crippen LogP) is 3.44. The van der Waals surface area contributed by atoms with E-state index in [1.54, 1.807) is 6.07 Å². The van der Waals surface area contributed by atoms with Gasteiger partial charge in [-0.1, -0.05) is 24.1 Å². The Morgan fingerprint density at radius 1 is 1.32 bits per heavy atom. The summed E-state index contributed by atoms with van der Waals surface area (Å²) in [6.45, 7) is 6.35. The zero-order chi connectivity index (χ0) is 13.7.